The van der Waals surface area contributed by atoms with Gasteiger partial charge in [0.1, 0.15) is 0 Å². The zero-order valence-electron chi connectivity index (χ0n) is 15.0. The lowest BCUT2D eigenvalue weighted by molar-refractivity contribution is -0.116. The van der Waals surface area contributed by atoms with Crippen molar-refractivity contribution in [3.05, 3.63) is 29.8 Å². The number of likely N-dealkylation sites (N-methyl/N-ethyl adjacent to an activating group) is 1. The first-order chi connectivity index (χ1) is 11.5. The molecule has 1 unspecified atom stereocenters. The van der Waals surface area contributed by atoms with Crippen molar-refractivity contribution < 1.29 is 9.59 Å². The lowest BCUT2D eigenvalue weighted by Gasteiger charge is -2.18. The molecule has 134 valence electrons. The third-order valence-corrected chi connectivity index (χ3v) is 3.84. The molecule has 6 heteroatoms. The Kier molecular flexibility index (Phi) is 9.04. The van der Waals surface area contributed by atoms with Gasteiger partial charge in [0.15, 0.2) is 0 Å². The molecule has 0 aromatic heterocycles. The van der Waals surface area contributed by atoms with E-state index in [1.54, 1.807) is 24.3 Å². The van der Waals surface area contributed by atoms with E-state index < -0.39 is 0 Å². The zero-order chi connectivity index (χ0) is 17.9. The van der Waals surface area contributed by atoms with Gasteiger partial charge in [0, 0.05) is 36.8 Å². The molecule has 0 aliphatic heterocycles. The minimum atomic E-state index is -0.131. The first-order valence-corrected chi connectivity index (χ1v) is 8.62. The Morgan fingerprint density at radius 2 is 1.96 bits per heavy atom. The monoisotopic (exact) mass is 334 g/mol. The van der Waals surface area contributed by atoms with E-state index in [9.17, 15) is 9.59 Å². The molecule has 1 atom stereocenters. The van der Waals surface area contributed by atoms with Crippen molar-refractivity contribution in [2.24, 2.45) is 5.73 Å². The van der Waals surface area contributed by atoms with Crippen molar-refractivity contribution in [3.8, 4) is 0 Å². The number of nitrogens with zero attached hydrogens (tertiary/aromatic N) is 1. The van der Waals surface area contributed by atoms with Gasteiger partial charge in [0.2, 0.25) is 5.91 Å². The van der Waals surface area contributed by atoms with Crippen molar-refractivity contribution in [3.63, 3.8) is 0 Å². The summed E-state index contributed by atoms with van der Waals surface area (Å²) in [6.07, 6.45) is 1.01. The molecule has 0 fully saturated rings. The van der Waals surface area contributed by atoms with Crippen LogP contribution in [0.5, 0.6) is 0 Å². The molecule has 6 nitrogen and oxygen atoms in total. The van der Waals surface area contributed by atoms with Gasteiger partial charge >= 0.3 is 0 Å². The lowest BCUT2D eigenvalue weighted by atomic mass is 10.1. The van der Waals surface area contributed by atoms with Gasteiger partial charge in [-0.15, -0.1) is 0 Å². The van der Waals surface area contributed by atoms with Crippen LogP contribution in [-0.4, -0.2) is 48.9 Å². The minimum absolute atomic E-state index is 0.00123. The normalized spacial score (nSPS) is 12.0. The summed E-state index contributed by atoms with van der Waals surface area (Å²) in [6.45, 7) is 9.44. The van der Waals surface area contributed by atoms with E-state index in [1.807, 2.05) is 6.92 Å². The standard InChI is InChI=1S/C18H30N4O2/c1-4-22(5-2)12-11-20-18(24)15-7-6-8-16(13-15)21-17(23)10-9-14(3)19/h6-8,13-14H,4-5,9-12,19H2,1-3H3,(H,20,24)(H,21,23). The summed E-state index contributed by atoms with van der Waals surface area (Å²) in [6, 6.07) is 6.97. The first-order valence-electron chi connectivity index (χ1n) is 8.62. The summed E-state index contributed by atoms with van der Waals surface area (Å²) in [5.41, 5.74) is 6.82. The van der Waals surface area contributed by atoms with Crippen LogP contribution in [0.2, 0.25) is 0 Å². The van der Waals surface area contributed by atoms with Crippen LogP contribution in [0.1, 0.15) is 44.0 Å². The van der Waals surface area contributed by atoms with Crippen LogP contribution in [0.3, 0.4) is 0 Å². The Hall–Kier alpha value is -1.92. The topological polar surface area (TPSA) is 87.5 Å². The van der Waals surface area contributed by atoms with Gasteiger partial charge in [-0.25, -0.2) is 0 Å². The number of hydrogen-bond donors (Lipinski definition) is 3. The Labute approximate surface area is 144 Å². The van der Waals surface area contributed by atoms with E-state index in [2.05, 4.69) is 29.4 Å². The van der Waals surface area contributed by atoms with E-state index >= 15 is 0 Å². The Morgan fingerprint density at radius 1 is 1.25 bits per heavy atom. The maximum atomic E-state index is 12.2. The van der Waals surface area contributed by atoms with Gasteiger partial charge in [-0.3, -0.25) is 9.59 Å². The van der Waals surface area contributed by atoms with Gasteiger partial charge < -0.3 is 21.3 Å². The average molecular weight is 334 g/mol. The molecule has 1 aromatic carbocycles. The number of nitrogens with two attached hydrogens (primary N) is 1. The summed E-state index contributed by atoms with van der Waals surface area (Å²) in [4.78, 5) is 26.3. The zero-order valence-corrected chi connectivity index (χ0v) is 15.0. The van der Waals surface area contributed by atoms with Crippen molar-refractivity contribution in [2.75, 3.05) is 31.5 Å². The third-order valence-electron chi connectivity index (χ3n) is 3.84. The molecule has 0 bridgehead atoms. The second-order valence-corrected chi connectivity index (χ2v) is 5.93. The van der Waals surface area contributed by atoms with E-state index in [4.69, 9.17) is 5.73 Å². The summed E-state index contributed by atoms with van der Waals surface area (Å²) >= 11 is 0. The average Bonchev–Trinajstić information content (AvgIpc) is 2.57. The molecule has 2 amide bonds. The van der Waals surface area contributed by atoms with Crippen LogP contribution in [-0.2, 0) is 4.79 Å². The molecular formula is C18H30N4O2. The number of amides is 2. The highest BCUT2D eigenvalue weighted by Gasteiger charge is 2.09. The maximum absolute atomic E-state index is 12.2. The second kappa shape index (κ2) is 10.8. The van der Waals surface area contributed by atoms with Gasteiger partial charge in [-0.1, -0.05) is 19.9 Å². The number of nitrogens with one attached hydrogen (secondary N) is 2. The molecule has 0 saturated carbocycles. The van der Waals surface area contributed by atoms with E-state index in [-0.39, 0.29) is 17.9 Å². The number of anilines is 1. The van der Waals surface area contributed by atoms with Crippen molar-refractivity contribution in [1.29, 1.82) is 0 Å². The Morgan fingerprint density at radius 3 is 2.58 bits per heavy atom. The van der Waals surface area contributed by atoms with Crippen molar-refractivity contribution in [2.45, 2.75) is 39.7 Å². The van der Waals surface area contributed by atoms with Gasteiger partial charge in [0.05, 0.1) is 0 Å². The number of benzene rings is 1. The van der Waals surface area contributed by atoms with Crippen LogP contribution in [0.25, 0.3) is 0 Å². The predicted molar refractivity (Wildman–Crippen MR) is 98.1 cm³/mol. The smallest absolute Gasteiger partial charge is 0.251 e. The van der Waals surface area contributed by atoms with Crippen molar-refractivity contribution >= 4 is 17.5 Å². The Balaban J connectivity index is 2.51. The third kappa shape index (κ3) is 7.57. The van der Waals surface area contributed by atoms with E-state index in [1.165, 1.54) is 0 Å². The molecule has 0 aliphatic carbocycles. The molecular weight excluding hydrogens is 304 g/mol. The number of carbonyl (C=O) groups excluding carboxylic acids is 2. The molecule has 0 aliphatic rings. The highest BCUT2D eigenvalue weighted by molar-refractivity contribution is 5.97. The van der Waals surface area contributed by atoms with E-state index in [0.29, 0.717) is 30.6 Å². The molecule has 1 rings (SSSR count). The fourth-order valence-electron chi connectivity index (χ4n) is 2.29. The molecule has 24 heavy (non-hydrogen) atoms. The largest absolute Gasteiger partial charge is 0.351 e. The van der Waals surface area contributed by atoms with Crippen LogP contribution in [0.15, 0.2) is 24.3 Å². The molecule has 0 saturated heterocycles. The summed E-state index contributed by atoms with van der Waals surface area (Å²) < 4.78 is 0. The number of rotatable bonds is 10. The van der Waals surface area contributed by atoms with Crippen LogP contribution in [0, 0.1) is 0 Å². The number of carbonyl (C=O) groups is 2. The fourth-order valence-corrected chi connectivity index (χ4v) is 2.29. The highest BCUT2D eigenvalue weighted by Crippen LogP contribution is 2.11. The lowest BCUT2D eigenvalue weighted by Crippen LogP contribution is -2.34. The summed E-state index contributed by atoms with van der Waals surface area (Å²) in [7, 11) is 0. The minimum Gasteiger partial charge on any atom is -0.351 e. The van der Waals surface area contributed by atoms with Gasteiger partial charge in [-0.2, -0.15) is 0 Å². The molecule has 1 aromatic rings. The molecule has 4 N–H and O–H groups in total. The maximum Gasteiger partial charge on any atom is 0.251 e. The predicted octanol–water partition coefficient (Wildman–Crippen LogP) is 1.82. The fraction of sp³-hybridized carbons (Fsp3) is 0.556. The van der Waals surface area contributed by atoms with Crippen LogP contribution >= 0.6 is 0 Å². The summed E-state index contributed by atoms with van der Waals surface area (Å²) in [5.74, 6) is -0.222. The van der Waals surface area contributed by atoms with Gasteiger partial charge in [-0.05, 0) is 44.6 Å². The molecule has 0 heterocycles. The van der Waals surface area contributed by atoms with Crippen molar-refractivity contribution in [1.82, 2.24) is 10.2 Å². The first kappa shape index (κ1) is 20.1. The molecule has 0 spiro atoms. The second-order valence-electron chi connectivity index (χ2n) is 5.93. The quantitative estimate of drug-likeness (QED) is 0.609. The Bertz CT molecular complexity index is 528. The summed E-state index contributed by atoms with van der Waals surface area (Å²) in [5, 5.41) is 5.71. The van der Waals surface area contributed by atoms with Gasteiger partial charge in [0.25, 0.3) is 5.91 Å². The highest BCUT2D eigenvalue weighted by atomic mass is 16.2. The van der Waals surface area contributed by atoms with E-state index in [0.717, 1.165) is 19.6 Å². The van der Waals surface area contributed by atoms with Crippen LogP contribution < -0.4 is 16.4 Å². The SMILES string of the molecule is CCN(CC)CCNC(=O)c1cccc(NC(=O)CCC(C)N)c1. The van der Waals surface area contributed by atoms with Crippen LogP contribution in [0.4, 0.5) is 5.69 Å². The number of hydrogen-bond acceptors (Lipinski definition) is 4. The molecule has 0 radical (unpaired) electrons.